The predicted molar refractivity (Wildman–Crippen MR) is 97.9 cm³/mol. The first kappa shape index (κ1) is 23.7. The quantitative estimate of drug-likeness (QED) is 0.167. The molecule has 132 valence electrons. The lowest BCUT2D eigenvalue weighted by atomic mass is 10.2. The lowest BCUT2D eigenvalue weighted by molar-refractivity contribution is -0.144. The summed E-state index contributed by atoms with van der Waals surface area (Å²) in [6.45, 7) is 7.61. The fourth-order valence-electron chi connectivity index (χ4n) is 1.47. The summed E-state index contributed by atoms with van der Waals surface area (Å²) in [5.74, 6) is 0.203. The van der Waals surface area contributed by atoms with Crippen LogP contribution in [0.15, 0.2) is 4.99 Å². The van der Waals surface area contributed by atoms with E-state index in [-0.39, 0.29) is 35.9 Å². The van der Waals surface area contributed by atoms with Crippen LogP contribution in [0.5, 0.6) is 0 Å². The van der Waals surface area contributed by atoms with Gasteiger partial charge in [-0.3, -0.25) is 9.79 Å². The molecule has 0 rings (SSSR count). The zero-order chi connectivity index (χ0) is 15.9. The smallest absolute Gasteiger partial charge is 0.310 e. The van der Waals surface area contributed by atoms with E-state index in [0.717, 1.165) is 19.5 Å². The summed E-state index contributed by atoms with van der Waals surface area (Å²) < 4.78 is 14.9. The van der Waals surface area contributed by atoms with E-state index in [1.165, 1.54) is 7.11 Å². The van der Waals surface area contributed by atoms with Crippen LogP contribution < -0.4 is 10.6 Å². The molecule has 0 aliphatic carbocycles. The van der Waals surface area contributed by atoms with Gasteiger partial charge in [0.05, 0.1) is 32.8 Å². The van der Waals surface area contributed by atoms with Crippen LogP contribution in [0, 0.1) is 5.92 Å². The summed E-state index contributed by atoms with van der Waals surface area (Å²) in [5, 5.41) is 6.33. The highest BCUT2D eigenvalue weighted by Crippen LogP contribution is 1.97. The largest absolute Gasteiger partial charge is 0.469 e. The third kappa shape index (κ3) is 13.1. The molecular formula is C14H30IN3O4. The first-order valence-electron chi connectivity index (χ1n) is 7.32. The molecule has 8 heteroatoms. The molecule has 0 heterocycles. The van der Waals surface area contributed by atoms with Gasteiger partial charge in [0.2, 0.25) is 0 Å². The summed E-state index contributed by atoms with van der Waals surface area (Å²) in [4.78, 5) is 15.7. The van der Waals surface area contributed by atoms with Gasteiger partial charge in [0.1, 0.15) is 0 Å². The summed E-state index contributed by atoms with van der Waals surface area (Å²) in [7, 11) is 3.04. The molecule has 0 fully saturated rings. The maximum atomic E-state index is 11.3. The van der Waals surface area contributed by atoms with Crippen LogP contribution in [0.25, 0.3) is 0 Å². The number of hydrogen-bond acceptors (Lipinski definition) is 5. The van der Waals surface area contributed by atoms with E-state index in [1.54, 1.807) is 14.0 Å². The van der Waals surface area contributed by atoms with Crippen molar-refractivity contribution < 1.29 is 19.0 Å². The molecule has 0 aliphatic rings. The second-order valence-electron chi connectivity index (χ2n) is 4.53. The van der Waals surface area contributed by atoms with E-state index in [4.69, 9.17) is 9.47 Å². The highest BCUT2D eigenvalue weighted by atomic mass is 127. The maximum Gasteiger partial charge on any atom is 0.310 e. The number of nitrogens with one attached hydrogen (secondary N) is 2. The molecule has 0 aliphatic heterocycles. The van der Waals surface area contributed by atoms with Gasteiger partial charge >= 0.3 is 5.97 Å². The summed E-state index contributed by atoms with van der Waals surface area (Å²) >= 11 is 0. The maximum absolute atomic E-state index is 11.3. The zero-order valence-corrected chi connectivity index (χ0v) is 16.3. The molecule has 0 aromatic carbocycles. The fourth-order valence-corrected chi connectivity index (χ4v) is 1.47. The van der Waals surface area contributed by atoms with Crippen molar-refractivity contribution in [2.75, 3.05) is 53.7 Å². The Bertz CT molecular complexity index is 304. The molecule has 1 unspecified atom stereocenters. The van der Waals surface area contributed by atoms with Gasteiger partial charge in [0, 0.05) is 26.8 Å². The zero-order valence-electron chi connectivity index (χ0n) is 14.0. The number of esters is 1. The number of ether oxygens (including phenoxy) is 3. The Hall–Kier alpha value is -0.610. The minimum Gasteiger partial charge on any atom is -0.469 e. The summed E-state index contributed by atoms with van der Waals surface area (Å²) in [6.07, 6.45) is 0.876. The van der Waals surface area contributed by atoms with Gasteiger partial charge in [-0.15, -0.1) is 24.0 Å². The third-order valence-corrected chi connectivity index (χ3v) is 2.66. The Morgan fingerprint density at radius 3 is 2.50 bits per heavy atom. The first-order chi connectivity index (χ1) is 10.2. The highest BCUT2D eigenvalue weighted by molar-refractivity contribution is 14.0. The monoisotopic (exact) mass is 431 g/mol. The molecule has 0 saturated heterocycles. The molecule has 0 spiro atoms. The number of guanidine groups is 1. The lowest BCUT2D eigenvalue weighted by Crippen LogP contribution is -2.38. The average molecular weight is 431 g/mol. The van der Waals surface area contributed by atoms with Crippen molar-refractivity contribution in [3.05, 3.63) is 0 Å². The SMILES string of the molecule is CCNC(=NCC(C)C(=O)OC)NCCCOCCOC.I. The molecule has 22 heavy (non-hydrogen) atoms. The summed E-state index contributed by atoms with van der Waals surface area (Å²) in [5.41, 5.74) is 0. The molecule has 0 radical (unpaired) electrons. The fraction of sp³-hybridized carbons (Fsp3) is 0.857. The van der Waals surface area contributed by atoms with Crippen LogP contribution in [0.4, 0.5) is 0 Å². The summed E-state index contributed by atoms with van der Waals surface area (Å²) in [6, 6.07) is 0. The third-order valence-electron chi connectivity index (χ3n) is 2.66. The van der Waals surface area contributed by atoms with Crippen LogP contribution in [-0.2, 0) is 19.0 Å². The molecule has 0 amide bonds. The van der Waals surface area contributed by atoms with Crippen LogP contribution >= 0.6 is 24.0 Å². The number of hydrogen-bond donors (Lipinski definition) is 2. The second kappa shape index (κ2) is 16.8. The van der Waals surface area contributed by atoms with E-state index in [1.807, 2.05) is 6.92 Å². The first-order valence-corrected chi connectivity index (χ1v) is 7.32. The Balaban J connectivity index is 0. The van der Waals surface area contributed by atoms with Crippen LogP contribution in [0.1, 0.15) is 20.3 Å². The van der Waals surface area contributed by atoms with Crippen LogP contribution in [0.3, 0.4) is 0 Å². The van der Waals surface area contributed by atoms with Crippen molar-refractivity contribution in [3.8, 4) is 0 Å². The Kier molecular flexibility index (Phi) is 18.0. The van der Waals surface area contributed by atoms with Gasteiger partial charge in [0.15, 0.2) is 5.96 Å². The van der Waals surface area contributed by atoms with E-state index in [9.17, 15) is 4.79 Å². The number of halogens is 1. The van der Waals surface area contributed by atoms with Gasteiger partial charge in [-0.1, -0.05) is 6.92 Å². The number of rotatable bonds is 11. The van der Waals surface area contributed by atoms with Crippen molar-refractivity contribution in [3.63, 3.8) is 0 Å². The predicted octanol–water partition coefficient (Wildman–Crippen LogP) is 1.02. The van der Waals surface area contributed by atoms with Gasteiger partial charge in [0.25, 0.3) is 0 Å². The number of methoxy groups -OCH3 is 2. The Morgan fingerprint density at radius 2 is 1.91 bits per heavy atom. The van der Waals surface area contributed by atoms with Crippen molar-refractivity contribution in [2.24, 2.45) is 10.9 Å². The number of nitrogens with zero attached hydrogens (tertiary/aromatic N) is 1. The van der Waals surface area contributed by atoms with Crippen molar-refractivity contribution in [1.82, 2.24) is 10.6 Å². The van der Waals surface area contributed by atoms with Crippen molar-refractivity contribution >= 4 is 35.9 Å². The molecule has 0 bridgehead atoms. The molecule has 0 aromatic heterocycles. The normalized spacial score (nSPS) is 12.3. The van der Waals surface area contributed by atoms with Crippen molar-refractivity contribution in [2.45, 2.75) is 20.3 Å². The minimum absolute atomic E-state index is 0. The second-order valence-corrected chi connectivity index (χ2v) is 4.53. The molecule has 2 N–H and O–H groups in total. The average Bonchev–Trinajstić information content (AvgIpc) is 2.50. The Morgan fingerprint density at radius 1 is 1.18 bits per heavy atom. The number of carbonyl (C=O) groups is 1. The van der Waals surface area contributed by atoms with E-state index in [2.05, 4.69) is 20.4 Å². The van der Waals surface area contributed by atoms with Crippen LogP contribution in [0.2, 0.25) is 0 Å². The lowest BCUT2D eigenvalue weighted by Gasteiger charge is -2.12. The topological polar surface area (TPSA) is 81.2 Å². The molecular weight excluding hydrogens is 401 g/mol. The molecule has 0 saturated carbocycles. The van der Waals surface area contributed by atoms with Gasteiger partial charge in [-0.25, -0.2) is 0 Å². The number of carbonyl (C=O) groups excluding carboxylic acids is 1. The van der Waals surface area contributed by atoms with Gasteiger partial charge in [-0.05, 0) is 13.3 Å². The standard InChI is InChI=1S/C14H29N3O4.HI/c1-5-15-14(17-11-12(2)13(18)20-4)16-7-6-8-21-10-9-19-3;/h12H,5-11H2,1-4H3,(H2,15,16,17);1H. The van der Waals surface area contributed by atoms with E-state index in [0.29, 0.717) is 32.3 Å². The Labute approximate surface area is 150 Å². The van der Waals surface area contributed by atoms with E-state index >= 15 is 0 Å². The molecule has 1 atom stereocenters. The van der Waals surface area contributed by atoms with Crippen molar-refractivity contribution in [1.29, 1.82) is 0 Å². The van der Waals surface area contributed by atoms with Gasteiger partial charge < -0.3 is 24.8 Å². The number of aliphatic imine (C=N–C) groups is 1. The minimum atomic E-state index is -0.249. The van der Waals surface area contributed by atoms with Crippen LogP contribution in [-0.4, -0.2) is 65.6 Å². The molecule has 0 aromatic rings. The van der Waals surface area contributed by atoms with Gasteiger partial charge in [-0.2, -0.15) is 0 Å². The molecule has 7 nitrogen and oxygen atoms in total. The van der Waals surface area contributed by atoms with E-state index < -0.39 is 0 Å². The highest BCUT2D eigenvalue weighted by Gasteiger charge is 2.12.